The van der Waals surface area contributed by atoms with Crippen molar-refractivity contribution in [3.8, 4) is 5.75 Å². The van der Waals surface area contributed by atoms with Crippen LogP contribution in [-0.2, 0) is 25.6 Å². The molecule has 0 unspecified atom stereocenters. The Kier molecular flexibility index (Phi) is 11.3. The van der Waals surface area contributed by atoms with E-state index in [1.54, 1.807) is 12.1 Å². The van der Waals surface area contributed by atoms with Gasteiger partial charge in [-0.3, -0.25) is 19.2 Å². The van der Waals surface area contributed by atoms with E-state index in [-0.39, 0.29) is 24.5 Å². The number of phenols is 1. The highest BCUT2D eigenvalue weighted by atomic mass is 32.1. The van der Waals surface area contributed by atoms with Gasteiger partial charge in [0.1, 0.15) is 17.8 Å². The van der Waals surface area contributed by atoms with Crippen molar-refractivity contribution in [2.24, 2.45) is 0 Å². The summed E-state index contributed by atoms with van der Waals surface area (Å²) in [7, 11) is 0. The Labute approximate surface area is 184 Å². The minimum atomic E-state index is -1.22. The van der Waals surface area contributed by atoms with Crippen LogP contribution >= 0.6 is 12.6 Å². The van der Waals surface area contributed by atoms with Crippen LogP contribution in [0.15, 0.2) is 24.3 Å². The maximum Gasteiger partial charge on any atom is 0.236 e. The molecule has 0 bridgehead atoms. The lowest BCUT2D eigenvalue weighted by Gasteiger charge is -2.21. The second-order valence-electron chi connectivity index (χ2n) is 6.91. The summed E-state index contributed by atoms with van der Waals surface area (Å²) in [6.07, 6.45) is -1.07. The summed E-state index contributed by atoms with van der Waals surface area (Å²) in [5, 5.41) is 30.5. The van der Waals surface area contributed by atoms with Gasteiger partial charge < -0.3 is 20.7 Å². The van der Waals surface area contributed by atoms with Gasteiger partial charge in [-0.05, 0) is 38.0 Å². The smallest absolute Gasteiger partial charge is 0.236 e. The average molecular weight is 457 g/mol. The van der Waals surface area contributed by atoms with Crippen LogP contribution in [0.1, 0.15) is 19.4 Å². The van der Waals surface area contributed by atoms with Crippen molar-refractivity contribution in [3.05, 3.63) is 29.8 Å². The molecule has 172 valence electrons. The van der Waals surface area contributed by atoms with Crippen molar-refractivity contribution in [3.63, 3.8) is 0 Å². The lowest BCUT2D eigenvalue weighted by atomic mass is 9.98. The fourth-order valence-electron chi connectivity index (χ4n) is 2.64. The maximum atomic E-state index is 12.5. The van der Waals surface area contributed by atoms with E-state index in [2.05, 4.69) is 28.8 Å². The van der Waals surface area contributed by atoms with Crippen LogP contribution < -0.4 is 21.6 Å². The van der Waals surface area contributed by atoms with Crippen LogP contribution in [0.5, 0.6) is 5.75 Å². The second kappa shape index (κ2) is 13.1. The van der Waals surface area contributed by atoms with E-state index in [9.17, 15) is 34.6 Å². The molecular formula is C19H28N4O7S. The van der Waals surface area contributed by atoms with E-state index < -0.39 is 47.5 Å². The highest BCUT2D eigenvalue weighted by molar-refractivity contribution is 7.80. The number of aliphatic hydroxyl groups excluding tert-OH is 1. The Morgan fingerprint density at radius 2 is 1.65 bits per heavy atom. The van der Waals surface area contributed by atoms with Gasteiger partial charge in [-0.1, -0.05) is 12.1 Å². The Balaban J connectivity index is 2.62. The molecule has 4 atom stereocenters. The third-order valence-electron chi connectivity index (χ3n) is 4.35. The zero-order valence-corrected chi connectivity index (χ0v) is 18.1. The number of nitrogens with one attached hydrogen (secondary N) is 4. The summed E-state index contributed by atoms with van der Waals surface area (Å²) in [5.74, 6) is -2.86. The predicted molar refractivity (Wildman–Crippen MR) is 114 cm³/mol. The monoisotopic (exact) mass is 456 g/mol. The number of hydroxylamine groups is 1. The number of hydrogen-bond donors (Lipinski definition) is 8. The van der Waals surface area contributed by atoms with Gasteiger partial charge in [0.15, 0.2) is 5.78 Å². The van der Waals surface area contributed by atoms with Crippen molar-refractivity contribution < 1.29 is 34.6 Å². The minimum Gasteiger partial charge on any atom is -0.508 e. The number of hydrogen-bond acceptors (Lipinski definition) is 11. The lowest BCUT2D eigenvalue weighted by Crippen LogP contribution is -2.56. The molecule has 0 radical (unpaired) electrons. The molecule has 1 rings (SSSR count). The quantitative estimate of drug-likeness (QED) is 0.0911. The van der Waals surface area contributed by atoms with Gasteiger partial charge in [-0.25, -0.2) is 10.9 Å². The van der Waals surface area contributed by atoms with Gasteiger partial charge in [-0.15, -0.1) is 0 Å². The first kappa shape index (κ1) is 26.7. The standard InChI is InChI=1S/C19H28N4O7S/c1-10(24)17(11(2)25)21-16(27)8-20-22-15(9-31)19(29)18(28)14(23-30)7-12-3-5-13(26)6-4-12/h3-6,10,14-15,17,20,22-24,26,30-31H,7-9H2,1-2H3,(H,21,27)/t10-,14+,15+,17+/m1/s1. The van der Waals surface area contributed by atoms with Crippen LogP contribution in [0.4, 0.5) is 0 Å². The van der Waals surface area contributed by atoms with Crippen LogP contribution in [0, 0.1) is 0 Å². The van der Waals surface area contributed by atoms with Gasteiger partial charge in [-0.2, -0.15) is 18.1 Å². The van der Waals surface area contributed by atoms with E-state index in [0.717, 1.165) is 0 Å². The molecule has 1 amide bonds. The molecule has 0 saturated heterocycles. The van der Waals surface area contributed by atoms with Crippen molar-refractivity contribution >= 4 is 35.9 Å². The van der Waals surface area contributed by atoms with Gasteiger partial charge in [0.25, 0.3) is 0 Å². The third kappa shape index (κ3) is 8.73. The summed E-state index contributed by atoms with van der Waals surface area (Å²) < 4.78 is 0. The summed E-state index contributed by atoms with van der Waals surface area (Å²) in [5.41, 5.74) is 7.42. The Hall–Kier alpha value is -2.35. The van der Waals surface area contributed by atoms with E-state index in [1.807, 2.05) is 5.48 Å². The molecule has 1 aromatic rings. The van der Waals surface area contributed by atoms with E-state index in [0.29, 0.717) is 5.56 Å². The van der Waals surface area contributed by atoms with Crippen LogP contribution in [0.25, 0.3) is 0 Å². The Bertz CT molecular complexity index is 773. The highest BCUT2D eigenvalue weighted by Gasteiger charge is 2.30. The molecule has 12 heteroatoms. The SMILES string of the molecule is CC(=O)[C@@H](NC(=O)CNN[C@@H](CS)C(=O)C(=O)[C@H](Cc1ccc(O)cc1)NO)[C@@H](C)O. The molecule has 0 aliphatic rings. The molecule has 0 spiro atoms. The number of aliphatic hydroxyl groups is 1. The molecule has 0 aliphatic heterocycles. The Morgan fingerprint density at radius 1 is 1.06 bits per heavy atom. The van der Waals surface area contributed by atoms with Crippen molar-refractivity contribution in [2.75, 3.05) is 12.3 Å². The van der Waals surface area contributed by atoms with Crippen molar-refractivity contribution in [2.45, 2.75) is 44.5 Å². The molecule has 7 N–H and O–H groups in total. The van der Waals surface area contributed by atoms with Crippen molar-refractivity contribution in [1.82, 2.24) is 21.6 Å². The van der Waals surface area contributed by atoms with Crippen LogP contribution in [-0.4, -0.2) is 75.2 Å². The molecule has 0 heterocycles. The first-order chi connectivity index (χ1) is 14.6. The summed E-state index contributed by atoms with van der Waals surface area (Å²) in [6, 6.07) is 2.55. The number of thiol groups is 1. The zero-order valence-electron chi connectivity index (χ0n) is 17.2. The Morgan fingerprint density at radius 3 is 2.13 bits per heavy atom. The minimum absolute atomic E-state index is 0.00224. The van der Waals surface area contributed by atoms with Crippen molar-refractivity contribution in [1.29, 1.82) is 0 Å². The lowest BCUT2D eigenvalue weighted by molar-refractivity contribution is -0.140. The average Bonchev–Trinajstić information content (AvgIpc) is 2.73. The number of Topliss-reactive ketones (excluding diaryl/α,β-unsaturated/α-hetero) is 3. The summed E-state index contributed by atoms with van der Waals surface area (Å²) in [6.45, 7) is 2.24. The second-order valence-corrected chi connectivity index (χ2v) is 7.28. The largest absolute Gasteiger partial charge is 0.508 e. The maximum absolute atomic E-state index is 12.5. The van der Waals surface area contributed by atoms with Crippen LogP contribution in [0.3, 0.4) is 0 Å². The molecular weight excluding hydrogens is 428 g/mol. The van der Waals surface area contributed by atoms with Gasteiger partial charge in [0.05, 0.1) is 18.7 Å². The first-order valence-electron chi connectivity index (χ1n) is 9.43. The van der Waals surface area contributed by atoms with Gasteiger partial charge in [0, 0.05) is 5.75 Å². The van der Waals surface area contributed by atoms with E-state index in [4.69, 9.17) is 0 Å². The predicted octanol–water partition coefficient (Wildman–Crippen LogP) is -1.73. The van der Waals surface area contributed by atoms with Gasteiger partial charge in [0.2, 0.25) is 17.5 Å². The number of rotatable bonds is 14. The molecule has 0 aliphatic carbocycles. The number of benzene rings is 1. The molecule has 1 aromatic carbocycles. The molecule has 0 aromatic heterocycles. The highest BCUT2D eigenvalue weighted by Crippen LogP contribution is 2.12. The fourth-order valence-corrected chi connectivity index (χ4v) is 2.90. The fraction of sp³-hybridized carbons (Fsp3) is 0.474. The van der Waals surface area contributed by atoms with E-state index in [1.165, 1.54) is 26.0 Å². The van der Waals surface area contributed by atoms with E-state index >= 15 is 0 Å². The van der Waals surface area contributed by atoms with Crippen LogP contribution in [0.2, 0.25) is 0 Å². The molecule has 0 saturated carbocycles. The number of phenolic OH excluding ortho intramolecular Hbond substituents is 1. The number of amides is 1. The topological polar surface area (TPSA) is 177 Å². The number of aromatic hydroxyl groups is 1. The summed E-state index contributed by atoms with van der Waals surface area (Å²) in [4.78, 5) is 48.3. The van der Waals surface area contributed by atoms with Gasteiger partial charge >= 0.3 is 0 Å². The number of ketones is 3. The molecule has 11 nitrogen and oxygen atoms in total. The number of carbonyl (C=O) groups is 4. The molecule has 31 heavy (non-hydrogen) atoms. The molecule has 0 fully saturated rings. The number of hydrazine groups is 1. The summed E-state index contributed by atoms with van der Waals surface area (Å²) >= 11 is 4.03. The zero-order chi connectivity index (χ0) is 23.6. The number of carbonyl (C=O) groups excluding carboxylic acids is 4. The normalized spacial score (nSPS) is 14.9. The third-order valence-corrected chi connectivity index (χ3v) is 4.72. The first-order valence-corrected chi connectivity index (χ1v) is 10.1.